The Kier molecular flexibility index (Phi) is 5.84. The van der Waals surface area contributed by atoms with Crippen LogP contribution in [-0.4, -0.2) is 24.3 Å². The Bertz CT molecular complexity index is 885. The molecule has 1 amide bonds. The molecule has 0 saturated carbocycles. The second kappa shape index (κ2) is 8.67. The summed E-state index contributed by atoms with van der Waals surface area (Å²) in [5, 5.41) is 13.7. The number of hydrazone groups is 1. The third-order valence-corrected chi connectivity index (χ3v) is 4.12. The van der Waals surface area contributed by atoms with Crippen LogP contribution in [0.3, 0.4) is 0 Å². The van der Waals surface area contributed by atoms with Crippen LogP contribution in [0, 0.1) is 0 Å². The number of aromatic hydroxyl groups is 1. The van der Waals surface area contributed by atoms with E-state index in [4.69, 9.17) is 4.74 Å². The molecular weight excluding hydrogens is 340 g/mol. The van der Waals surface area contributed by atoms with Crippen LogP contribution in [-0.2, 0) is 4.79 Å². The van der Waals surface area contributed by atoms with Crippen LogP contribution >= 0.6 is 0 Å². The quantitative estimate of drug-likeness (QED) is 0.520. The van der Waals surface area contributed by atoms with Crippen molar-refractivity contribution in [1.82, 2.24) is 5.43 Å². The van der Waals surface area contributed by atoms with Crippen molar-refractivity contribution in [2.75, 3.05) is 7.11 Å². The van der Waals surface area contributed by atoms with E-state index in [9.17, 15) is 9.90 Å². The van der Waals surface area contributed by atoms with Crippen LogP contribution in [0.5, 0.6) is 11.5 Å². The van der Waals surface area contributed by atoms with Gasteiger partial charge in [0.15, 0.2) is 11.5 Å². The number of phenolic OH excluding ortho intramolecular Hbond substituents is 1. The highest BCUT2D eigenvalue weighted by Crippen LogP contribution is 2.26. The smallest absolute Gasteiger partial charge is 0.252 e. The zero-order valence-electron chi connectivity index (χ0n) is 14.9. The van der Waals surface area contributed by atoms with Gasteiger partial charge in [0.25, 0.3) is 5.91 Å². The van der Waals surface area contributed by atoms with Crippen molar-refractivity contribution >= 4 is 12.1 Å². The van der Waals surface area contributed by atoms with Crippen LogP contribution < -0.4 is 10.2 Å². The maximum atomic E-state index is 12.8. The van der Waals surface area contributed by atoms with Gasteiger partial charge in [-0.15, -0.1) is 0 Å². The summed E-state index contributed by atoms with van der Waals surface area (Å²) in [4.78, 5) is 12.8. The molecule has 0 fully saturated rings. The normalized spacial score (nSPS) is 10.9. The van der Waals surface area contributed by atoms with Gasteiger partial charge >= 0.3 is 0 Å². The summed E-state index contributed by atoms with van der Waals surface area (Å²) < 4.78 is 5.07. The lowest BCUT2D eigenvalue weighted by Gasteiger charge is -2.16. The van der Waals surface area contributed by atoms with Gasteiger partial charge in [-0.25, -0.2) is 5.43 Å². The molecule has 0 saturated heterocycles. The monoisotopic (exact) mass is 360 g/mol. The zero-order chi connectivity index (χ0) is 19.1. The minimum atomic E-state index is -0.459. The van der Waals surface area contributed by atoms with Gasteiger partial charge in [-0.05, 0) is 34.9 Å². The second-order valence-corrected chi connectivity index (χ2v) is 5.92. The lowest BCUT2D eigenvalue weighted by molar-refractivity contribution is -0.121. The minimum absolute atomic E-state index is 0.0481. The van der Waals surface area contributed by atoms with Crippen LogP contribution in [0.2, 0.25) is 0 Å². The minimum Gasteiger partial charge on any atom is -0.504 e. The van der Waals surface area contributed by atoms with Gasteiger partial charge in [-0.1, -0.05) is 60.7 Å². The first-order valence-corrected chi connectivity index (χ1v) is 8.49. The average molecular weight is 360 g/mol. The molecule has 0 aliphatic rings. The molecule has 0 aromatic heterocycles. The Labute approximate surface area is 157 Å². The topological polar surface area (TPSA) is 70.9 Å². The number of benzene rings is 3. The van der Waals surface area contributed by atoms with Crippen molar-refractivity contribution in [2.45, 2.75) is 5.92 Å². The van der Waals surface area contributed by atoms with E-state index in [1.165, 1.54) is 19.4 Å². The molecule has 0 unspecified atom stereocenters. The largest absolute Gasteiger partial charge is 0.504 e. The molecule has 2 N–H and O–H groups in total. The summed E-state index contributed by atoms with van der Waals surface area (Å²) >= 11 is 0. The molecule has 3 aromatic carbocycles. The van der Waals surface area contributed by atoms with Crippen molar-refractivity contribution in [2.24, 2.45) is 5.10 Å². The molecule has 0 aliphatic heterocycles. The van der Waals surface area contributed by atoms with E-state index in [1.807, 2.05) is 60.7 Å². The lowest BCUT2D eigenvalue weighted by atomic mass is 9.91. The summed E-state index contributed by atoms with van der Waals surface area (Å²) in [5.74, 6) is -0.295. The first-order valence-electron chi connectivity index (χ1n) is 8.49. The molecule has 0 bridgehead atoms. The van der Waals surface area contributed by atoms with Crippen LogP contribution in [0.25, 0.3) is 0 Å². The Morgan fingerprint density at radius 3 is 2.15 bits per heavy atom. The Morgan fingerprint density at radius 2 is 1.59 bits per heavy atom. The highest BCUT2D eigenvalue weighted by Gasteiger charge is 2.22. The van der Waals surface area contributed by atoms with Gasteiger partial charge in [0.2, 0.25) is 0 Å². The van der Waals surface area contributed by atoms with Crippen molar-refractivity contribution in [3.8, 4) is 11.5 Å². The maximum absolute atomic E-state index is 12.8. The van der Waals surface area contributed by atoms with Crippen molar-refractivity contribution in [3.63, 3.8) is 0 Å². The third-order valence-electron chi connectivity index (χ3n) is 4.12. The average Bonchev–Trinajstić information content (AvgIpc) is 2.71. The number of nitrogens with one attached hydrogen (secondary N) is 1. The summed E-state index contributed by atoms with van der Waals surface area (Å²) in [5.41, 5.74) is 5.09. The van der Waals surface area contributed by atoms with Crippen molar-refractivity contribution in [1.29, 1.82) is 0 Å². The van der Waals surface area contributed by atoms with Crippen LogP contribution in [0.1, 0.15) is 22.6 Å². The molecule has 0 atom stereocenters. The number of hydrogen-bond acceptors (Lipinski definition) is 4. The second-order valence-electron chi connectivity index (χ2n) is 5.92. The van der Waals surface area contributed by atoms with E-state index in [2.05, 4.69) is 10.5 Å². The molecule has 0 spiro atoms. The molecule has 0 heterocycles. The number of ether oxygens (including phenoxy) is 1. The summed E-state index contributed by atoms with van der Waals surface area (Å²) in [6.45, 7) is 0. The third kappa shape index (κ3) is 4.52. The fourth-order valence-electron chi connectivity index (χ4n) is 2.80. The molecule has 0 radical (unpaired) electrons. The fourth-order valence-corrected chi connectivity index (χ4v) is 2.80. The van der Waals surface area contributed by atoms with Gasteiger partial charge in [-0.2, -0.15) is 5.10 Å². The van der Waals surface area contributed by atoms with E-state index in [-0.39, 0.29) is 11.7 Å². The van der Waals surface area contributed by atoms with Crippen molar-refractivity contribution in [3.05, 3.63) is 95.6 Å². The Morgan fingerprint density at radius 1 is 1.00 bits per heavy atom. The SMILES string of the molecule is COc1cc(C=NNC(=O)C(c2ccccc2)c2ccccc2)ccc1O. The Balaban J connectivity index is 1.79. The number of nitrogens with zero attached hydrogens (tertiary/aromatic N) is 1. The summed E-state index contributed by atoms with van der Waals surface area (Å²) in [6, 6.07) is 24.0. The number of carbonyl (C=O) groups excluding carboxylic acids is 1. The zero-order valence-corrected chi connectivity index (χ0v) is 14.9. The lowest BCUT2D eigenvalue weighted by Crippen LogP contribution is -2.26. The van der Waals surface area contributed by atoms with Crippen molar-refractivity contribution < 1.29 is 14.6 Å². The van der Waals surface area contributed by atoms with E-state index >= 15 is 0 Å². The molecule has 5 nitrogen and oxygen atoms in total. The molecule has 0 aliphatic carbocycles. The fraction of sp³-hybridized carbons (Fsp3) is 0.0909. The molecule has 5 heteroatoms. The van der Waals surface area contributed by atoms with Gasteiger partial charge in [0, 0.05) is 0 Å². The standard InChI is InChI=1S/C22H20N2O3/c1-27-20-14-16(12-13-19(20)25)15-23-24-22(26)21(17-8-4-2-5-9-17)18-10-6-3-7-11-18/h2-15,21,25H,1H3,(H,24,26). The number of rotatable bonds is 6. The van der Waals surface area contributed by atoms with Crippen LogP contribution in [0.15, 0.2) is 84.0 Å². The number of hydrogen-bond donors (Lipinski definition) is 2. The van der Waals surface area contributed by atoms with Gasteiger partial charge < -0.3 is 9.84 Å². The molecule has 136 valence electrons. The number of methoxy groups -OCH3 is 1. The first-order chi connectivity index (χ1) is 13.2. The first kappa shape index (κ1) is 18.2. The summed E-state index contributed by atoms with van der Waals surface area (Å²) in [7, 11) is 1.47. The summed E-state index contributed by atoms with van der Waals surface area (Å²) in [6.07, 6.45) is 1.51. The molecule has 3 aromatic rings. The van der Waals surface area contributed by atoms with Crippen LogP contribution in [0.4, 0.5) is 0 Å². The predicted molar refractivity (Wildman–Crippen MR) is 105 cm³/mol. The maximum Gasteiger partial charge on any atom is 0.252 e. The highest BCUT2D eigenvalue weighted by molar-refractivity contribution is 5.88. The molecular formula is C22H20N2O3. The van der Waals surface area contributed by atoms with Gasteiger partial charge in [0.05, 0.1) is 19.2 Å². The van der Waals surface area contributed by atoms with E-state index < -0.39 is 5.92 Å². The Hall–Kier alpha value is -3.60. The number of carbonyl (C=O) groups is 1. The predicted octanol–water partition coefficient (Wildman–Crippen LogP) is 3.68. The van der Waals surface area contributed by atoms with E-state index in [0.29, 0.717) is 11.3 Å². The van der Waals surface area contributed by atoms with E-state index in [1.54, 1.807) is 12.1 Å². The highest BCUT2D eigenvalue weighted by atomic mass is 16.5. The number of amides is 1. The van der Waals surface area contributed by atoms with Gasteiger partial charge in [-0.3, -0.25) is 4.79 Å². The molecule has 27 heavy (non-hydrogen) atoms. The number of phenols is 1. The van der Waals surface area contributed by atoms with E-state index in [0.717, 1.165) is 11.1 Å². The molecule has 3 rings (SSSR count). The van der Waals surface area contributed by atoms with Gasteiger partial charge in [0.1, 0.15) is 0 Å².